The number of methoxy groups -OCH3 is 1. The Bertz CT molecular complexity index is 182. The molecule has 0 aromatic heterocycles. The van der Waals surface area contributed by atoms with Gasteiger partial charge in [0.15, 0.2) is 0 Å². The predicted molar refractivity (Wildman–Crippen MR) is 56.7 cm³/mol. The van der Waals surface area contributed by atoms with Crippen molar-refractivity contribution in [1.29, 1.82) is 0 Å². The second-order valence-corrected chi connectivity index (χ2v) is 3.61. The van der Waals surface area contributed by atoms with Gasteiger partial charge in [-0.1, -0.05) is 0 Å². The lowest BCUT2D eigenvalue weighted by Crippen LogP contribution is -2.38. The van der Waals surface area contributed by atoms with Gasteiger partial charge in [-0.3, -0.25) is 4.79 Å². The molecule has 1 unspecified atom stereocenters. The molecule has 0 radical (unpaired) electrons. The molecule has 1 atom stereocenters. The van der Waals surface area contributed by atoms with Crippen LogP contribution >= 0.6 is 0 Å². The van der Waals surface area contributed by atoms with Crippen molar-refractivity contribution in [3.8, 4) is 0 Å². The summed E-state index contributed by atoms with van der Waals surface area (Å²) in [7, 11) is 1.64. The van der Waals surface area contributed by atoms with Crippen LogP contribution < -0.4 is 10.6 Å². The molecule has 2 N–H and O–H groups in total. The molecule has 0 saturated carbocycles. The van der Waals surface area contributed by atoms with Crippen LogP contribution in [0.1, 0.15) is 12.8 Å². The zero-order chi connectivity index (χ0) is 10.9. The fourth-order valence-electron chi connectivity index (χ4n) is 1.47. The molecule has 0 bridgehead atoms. The van der Waals surface area contributed by atoms with E-state index in [9.17, 15) is 4.79 Å². The molecular weight excluding hydrogens is 196 g/mol. The first-order valence-corrected chi connectivity index (χ1v) is 5.41. The summed E-state index contributed by atoms with van der Waals surface area (Å²) in [6.07, 6.45) is 2.37. The van der Waals surface area contributed by atoms with E-state index in [0.717, 1.165) is 19.4 Å². The normalized spacial score (nSPS) is 20.5. The molecule has 5 heteroatoms. The molecule has 1 heterocycles. The number of rotatable bonds is 7. The minimum Gasteiger partial charge on any atom is -0.383 e. The van der Waals surface area contributed by atoms with Crippen molar-refractivity contribution in [2.24, 2.45) is 0 Å². The van der Waals surface area contributed by atoms with Crippen molar-refractivity contribution >= 4 is 5.91 Å². The Morgan fingerprint density at radius 3 is 3.13 bits per heavy atom. The van der Waals surface area contributed by atoms with Gasteiger partial charge in [0.25, 0.3) is 0 Å². The topological polar surface area (TPSA) is 59.6 Å². The van der Waals surface area contributed by atoms with E-state index in [4.69, 9.17) is 9.47 Å². The summed E-state index contributed by atoms with van der Waals surface area (Å²) in [5.74, 6) is 0.0154. The standard InChI is InChI=1S/C10H20N2O3/c1-14-6-4-11-8-10(13)12-7-9-3-2-5-15-9/h9,11H,2-8H2,1H3,(H,12,13). The van der Waals surface area contributed by atoms with E-state index < -0.39 is 0 Å². The maximum atomic E-state index is 11.3. The monoisotopic (exact) mass is 216 g/mol. The van der Waals surface area contributed by atoms with Crippen LogP contribution in [0.25, 0.3) is 0 Å². The SMILES string of the molecule is COCCNCC(=O)NCC1CCCO1. The number of carbonyl (C=O) groups excluding carboxylic acids is 1. The second-order valence-electron chi connectivity index (χ2n) is 3.61. The average Bonchev–Trinajstić information content (AvgIpc) is 2.74. The summed E-state index contributed by atoms with van der Waals surface area (Å²) >= 11 is 0. The van der Waals surface area contributed by atoms with Crippen LogP contribution in [0.3, 0.4) is 0 Å². The van der Waals surface area contributed by atoms with Crippen LogP contribution in [0.2, 0.25) is 0 Å². The number of carbonyl (C=O) groups is 1. The molecular formula is C10H20N2O3. The number of ether oxygens (including phenoxy) is 2. The van der Waals surface area contributed by atoms with Gasteiger partial charge >= 0.3 is 0 Å². The molecule has 0 aromatic rings. The first-order chi connectivity index (χ1) is 7.33. The van der Waals surface area contributed by atoms with Gasteiger partial charge in [0, 0.05) is 26.8 Å². The third-order valence-electron chi connectivity index (χ3n) is 2.32. The Morgan fingerprint density at radius 2 is 2.47 bits per heavy atom. The fraction of sp³-hybridized carbons (Fsp3) is 0.900. The van der Waals surface area contributed by atoms with Crippen molar-refractivity contribution in [2.75, 3.05) is 40.0 Å². The molecule has 0 spiro atoms. The highest BCUT2D eigenvalue weighted by Gasteiger charge is 2.15. The molecule has 1 rings (SSSR count). The van der Waals surface area contributed by atoms with Gasteiger partial charge in [-0.2, -0.15) is 0 Å². The van der Waals surface area contributed by atoms with Crippen LogP contribution in [0, 0.1) is 0 Å². The van der Waals surface area contributed by atoms with Crippen molar-refractivity contribution in [1.82, 2.24) is 10.6 Å². The van der Waals surface area contributed by atoms with Crippen molar-refractivity contribution < 1.29 is 14.3 Å². The summed E-state index contributed by atoms with van der Waals surface area (Å²) in [5, 5.41) is 5.82. The molecule has 1 saturated heterocycles. The Balaban J connectivity index is 1.93. The zero-order valence-electron chi connectivity index (χ0n) is 9.25. The third kappa shape index (κ3) is 5.71. The van der Waals surface area contributed by atoms with Crippen LogP contribution in [-0.2, 0) is 14.3 Å². The summed E-state index contributed by atoms with van der Waals surface area (Å²) in [6, 6.07) is 0. The highest BCUT2D eigenvalue weighted by atomic mass is 16.5. The van der Waals surface area contributed by atoms with E-state index in [1.54, 1.807) is 7.11 Å². The molecule has 1 aliphatic heterocycles. The first kappa shape index (κ1) is 12.4. The summed E-state index contributed by atoms with van der Waals surface area (Å²) in [5.41, 5.74) is 0. The smallest absolute Gasteiger partial charge is 0.234 e. The van der Waals surface area contributed by atoms with E-state index in [1.807, 2.05) is 0 Å². The number of hydrogen-bond donors (Lipinski definition) is 2. The van der Waals surface area contributed by atoms with Crippen LogP contribution in [-0.4, -0.2) is 52.0 Å². The molecule has 15 heavy (non-hydrogen) atoms. The third-order valence-corrected chi connectivity index (χ3v) is 2.32. The first-order valence-electron chi connectivity index (χ1n) is 5.41. The summed E-state index contributed by atoms with van der Waals surface area (Å²) in [6.45, 7) is 3.12. The lowest BCUT2D eigenvalue weighted by atomic mass is 10.2. The van der Waals surface area contributed by atoms with Crippen molar-refractivity contribution in [3.63, 3.8) is 0 Å². The minimum absolute atomic E-state index is 0.0154. The largest absolute Gasteiger partial charge is 0.383 e. The second kappa shape index (κ2) is 7.62. The summed E-state index contributed by atoms with van der Waals surface area (Å²) in [4.78, 5) is 11.3. The van der Waals surface area contributed by atoms with Gasteiger partial charge in [0.05, 0.1) is 19.3 Å². The minimum atomic E-state index is 0.0154. The average molecular weight is 216 g/mol. The molecule has 88 valence electrons. The summed E-state index contributed by atoms with van der Waals surface area (Å²) < 4.78 is 10.2. The van der Waals surface area contributed by atoms with E-state index in [2.05, 4.69) is 10.6 Å². The van der Waals surface area contributed by atoms with E-state index in [-0.39, 0.29) is 12.0 Å². The highest BCUT2D eigenvalue weighted by Crippen LogP contribution is 2.10. The fourth-order valence-corrected chi connectivity index (χ4v) is 1.47. The lowest BCUT2D eigenvalue weighted by Gasteiger charge is -2.10. The molecule has 0 aromatic carbocycles. The van der Waals surface area contributed by atoms with Crippen LogP contribution in [0.5, 0.6) is 0 Å². The Labute approximate surface area is 90.5 Å². The predicted octanol–water partition coefficient (Wildman–Crippen LogP) is -0.482. The quantitative estimate of drug-likeness (QED) is 0.564. The van der Waals surface area contributed by atoms with Gasteiger partial charge in [-0.25, -0.2) is 0 Å². The highest BCUT2D eigenvalue weighted by molar-refractivity contribution is 5.77. The number of nitrogens with one attached hydrogen (secondary N) is 2. The van der Waals surface area contributed by atoms with Crippen LogP contribution in [0.15, 0.2) is 0 Å². The number of hydrogen-bond acceptors (Lipinski definition) is 4. The molecule has 5 nitrogen and oxygen atoms in total. The van der Waals surface area contributed by atoms with E-state index in [1.165, 1.54) is 0 Å². The van der Waals surface area contributed by atoms with Gasteiger partial charge in [-0.15, -0.1) is 0 Å². The molecule has 1 fully saturated rings. The molecule has 1 amide bonds. The van der Waals surface area contributed by atoms with Crippen molar-refractivity contribution in [3.05, 3.63) is 0 Å². The zero-order valence-corrected chi connectivity index (χ0v) is 9.25. The Hall–Kier alpha value is -0.650. The van der Waals surface area contributed by atoms with Gasteiger partial charge < -0.3 is 20.1 Å². The Morgan fingerprint density at radius 1 is 1.60 bits per heavy atom. The van der Waals surface area contributed by atoms with Gasteiger partial charge in [0.1, 0.15) is 0 Å². The maximum Gasteiger partial charge on any atom is 0.234 e. The van der Waals surface area contributed by atoms with Gasteiger partial charge in [0.2, 0.25) is 5.91 Å². The van der Waals surface area contributed by atoms with E-state index >= 15 is 0 Å². The Kier molecular flexibility index (Phi) is 6.31. The lowest BCUT2D eigenvalue weighted by molar-refractivity contribution is -0.120. The number of amides is 1. The van der Waals surface area contributed by atoms with E-state index in [0.29, 0.717) is 26.2 Å². The maximum absolute atomic E-state index is 11.3. The molecule has 0 aliphatic carbocycles. The van der Waals surface area contributed by atoms with Crippen molar-refractivity contribution in [2.45, 2.75) is 18.9 Å². The van der Waals surface area contributed by atoms with Gasteiger partial charge in [-0.05, 0) is 12.8 Å². The molecule has 1 aliphatic rings. The van der Waals surface area contributed by atoms with Crippen LogP contribution in [0.4, 0.5) is 0 Å².